The van der Waals surface area contributed by atoms with E-state index in [2.05, 4.69) is 64.2 Å². The van der Waals surface area contributed by atoms with Crippen LogP contribution in [0.4, 0.5) is 0 Å². The van der Waals surface area contributed by atoms with Gasteiger partial charge >= 0.3 is 26.2 Å². The van der Waals surface area contributed by atoms with Crippen molar-refractivity contribution in [3.8, 4) is 11.5 Å². The van der Waals surface area contributed by atoms with Crippen LogP contribution in [0.5, 0.6) is 11.5 Å². The zero-order valence-electron chi connectivity index (χ0n) is 20.9. The summed E-state index contributed by atoms with van der Waals surface area (Å²) in [6, 6.07) is 14.2. The van der Waals surface area contributed by atoms with E-state index in [1.807, 2.05) is 38.1 Å². The van der Waals surface area contributed by atoms with Gasteiger partial charge in [0.2, 0.25) is 0 Å². The van der Waals surface area contributed by atoms with Gasteiger partial charge in [-0.3, -0.25) is 12.2 Å². The van der Waals surface area contributed by atoms with E-state index in [-0.39, 0.29) is 26.2 Å². The van der Waals surface area contributed by atoms with Gasteiger partial charge in [-0.05, 0) is 38.1 Å². The molecule has 4 rings (SSSR count). The molecule has 0 heterocycles. The molecule has 2 aromatic rings. The van der Waals surface area contributed by atoms with Gasteiger partial charge in [0, 0.05) is 0 Å². The number of aromatic hydroxyl groups is 2. The van der Waals surface area contributed by atoms with Crippen molar-refractivity contribution in [1.29, 1.82) is 0 Å². The van der Waals surface area contributed by atoms with Crippen molar-refractivity contribution in [1.82, 2.24) is 0 Å². The summed E-state index contributed by atoms with van der Waals surface area (Å²) in [7, 11) is 0. The SMILES string of the molecule is CC(C)C1=[C-]CC=C1.CC(C)C1=[C-]CC=C1.Cc1ccc(O)cc1.Cc1ccc(O)cc1.[Zr+2]. The fraction of sp³-hybridized carbons (Fsp3) is 0.333. The maximum Gasteiger partial charge on any atom is 2.00 e. The molecule has 2 aromatic carbocycles. The standard InChI is InChI=1S/2C8H11.2C7H8O.Zr/c2*1-7(2)8-5-3-4-6-8;2*1-6-2-4-7(8)5-3-6;/h2*3,5,7H,4H2,1-2H3;2*2-5,8H,1H3;/q2*-1;;;+2. The van der Waals surface area contributed by atoms with Crippen molar-refractivity contribution in [3.05, 3.63) is 107 Å². The van der Waals surface area contributed by atoms with Crippen molar-refractivity contribution >= 4 is 0 Å². The Hall–Kier alpha value is -2.12. The first-order chi connectivity index (χ1) is 15.2. The van der Waals surface area contributed by atoms with Crippen molar-refractivity contribution in [3.63, 3.8) is 0 Å². The number of aryl methyl sites for hydroxylation is 2. The average Bonchev–Trinajstić information content (AvgIpc) is 3.48. The molecule has 2 aliphatic carbocycles. The van der Waals surface area contributed by atoms with Crippen LogP contribution >= 0.6 is 0 Å². The maximum absolute atomic E-state index is 8.76. The number of rotatable bonds is 2. The minimum absolute atomic E-state index is 0. The number of phenols is 2. The van der Waals surface area contributed by atoms with E-state index in [1.165, 1.54) is 22.3 Å². The Morgan fingerprint density at radius 2 is 0.909 bits per heavy atom. The van der Waals surface area contributed by atoms with Crippen molar-refractivity contribution in [2.24, 2.45) is 11.8 Å². The zero-order chi connectivity index (χ0) is 23.9. The summed E-state index contributed by atoms with van der Waals surface area (Å²) in [6.45, 7) is 12.7. The summed E-state index contributed by atoms with van der Waals surface area (Å²) in [5, 5.41) is 17.5. The van der Waals surface area contributed by atoms with Crippen LogP contribution in [0.2, 0.25) is 0 Å². The smallest absolute Gasteiger partial charge is 0.508 e. The van der Waals surface area contributed by atoms with E-state index >= 15 is 0 Å². The Kier molecular flexibility index (Phi) is 16.3. The van der Waals surface area contributed by atoms with Gasteiger partial charge in [-0.2, -0.15) is 12.2 Å². The number of benzene rings is 2. The van der Waals surface area contributed by atoms with E-state index in [9.17, 15) is 0 Å². The van der Waals surface area contributed by atoms with E-state index in [4.69, 9.17) is 10.2 Å². The van der Waals surface area contributed by atoms with Crippen LogP contribution in [-0.4, -0.2) is 10.2 Å². The fourth-order valence-corrected chi connectivity index (χ4v) is 2.73. The van der Waals surface area contributed by atoms with Gasteiger partial charge in [-0.15, -0.1) is 12.8 Å². The molecule has 0 spiro atoms. The molecular formula is C30H38O2Zr. The normalized spacial score (nSPS) is 13.0. The predicted molar refractivity (Wildman–Crippen MR) is 136 cm³/mol. The Morgan fingerprint density at radius 3 is 1.06 bits per heavy atom. The van der Waals surface area contributed by atoms with Crippen LogP contribution in [0.15, 0.2) is 84.0 Å². The van der Waals surface area contributed by atoms with Crippen LogP contribution in [0, 0.1) is 37.8 Å². The topological polar surface area (TPSA) is 40.5 Å². The van der Waals surface area contributed by atoms with Gasteiger partial charge in [0.15, 0.2) is 0 Å². The van der Waals surface area contributed by atoms with Crippen LogP contribution in [0.25, 0.3) is 0 Å². The summed E-state index contributed by atoms with van der Waals surface area (Å²) in [6.07, 6.45) is 17.2. The molecule has 0 aliphatic heterocycles. The van der Waals surface area contributed by atoms with Gasteiger partial charge in [0.05, 0.1) is 0 Å². The van der Waals surface area contributed by atoms with E-state index in [0.29, 0.717) is 23.3 Å². The fourth-order valence-electron chi connectivity index (χ4n) is 2.73. The molecule has 3 heteroatoms. The number of hydrogen-bond acceptors (Lipinski definition) is 2. The second kappa shape index (κ2) is 17.4. The minimum atomic E-state index is 0. The summed E-state index contributed by atoms with van der Waals surface area (Å²) in [5.74, 6) is 1.98. The zero-order valence-corrected chi connectivity index (χ0v) is 23.3. The Labute approximate surface area is 220 Å². The third kappa shape index (κ3) is 14.6. The predicted octanol–water partition coefficient (Wildman–Crippen LogP) is 8.06. The molecule has 0 atom stereocenters. The van der Waals surface area contributed by atoms with Gasteiger partial charge < -0.3 is 10.2 Å². The van der Waals surface area contributed by atoms with Crippen molar-refractivity contribution in [2.75, 3.05) is 0 Å². The first-order valence-corrected chi connectivity index (χ1v) is 11.2. The van der Waals surface area contributed by atoms with Gasteiger partial charge in [0.25, 0.3) is 0 Å². The minimum Gasteiger partial charge on any atom is -0.508 e. The van der Waals surface area contributed by atoms with E-state index < -0.39 is 0 Å². The first-order valence-electron chi connectivity index (χ1n) is 11.2. The van der Waals surface area contributed by atoms with Gasteiger partial charge in [-0.1, -0.05) is 74.9 Å². The number of hydrogen-bond donors (Lipinski definition) is 2. The molecule has 0 bridgehead atoms. The van der Waals surface area contributed by atoms with Crippen LogP contribution in [0.3, 0.4) is 0 Å². The summed E-state index contributed by atoms with van der Waals surface area (Å²) < 4.78 is 0. The molecule has 0 saturated carbocycles. The number of phenolic OH excluding ortho intramolecular Hbond substituents is 2. The summed E-state index contributed by atoms with van der Waals surface area (Å²) in [4.78, 5) is 0. The molecule has 174 valence electrons. The maximum atomic E-state index is 8.76. The molecule has 33 heavy (non-hydrogen) atoms. The molecule has 0 fully saturated rings. The van der Waals surface area contributed by atoms with Gasteiger partial charge in [-0.25, -0.2) is 23.3 Å². The Balaban J connectivity index is 0.000000410. The Bertz CT molecular complexity index is 780. The largest absolute Gasteiger partial charge is 2.00 e. The third-order valence-electron chi connectivity index (χ3n) is 4.75. The van der Waals surface area contributed by atoms with Crippen LogP contribution in [-0.2, 0) is 26.2 Å². The van der Waals surface area contributed by atoms with Gasteiger partial charge in [0.1, 0.15) is 11.5 Å². The van der Waals surface area contributed by atoms with Crippen molar-refractivity contribution < 1.29 is 36.4 Å². The van der Waals surface area contributed by atoms with Crippen LogP contribution < -0.4 is 0 Å². The monoisotopic (exact) mass is 520 g/mol. The third-order valence-corrected chi connectivity index (χ3v) is 4.75. The van der Waals surface area contributed by atoms with Crippen molar-refractivity contribution in [2.45, 2.75) is 54.4 Å². The second-order valence-corrected chi connectivity index (χ2v) is 8.46. The van der Waals surface area contributed by atoms with E-state index in [0.717, 1.165) is 12.8 Å². The molecule has 0 radical (unpaired) electrons. The molecule has 0 amide bonds. The van der Waals surface area contributed by atoms with Crippen LogP contribution in [0.1, 0.15) is 51.7 Å². The molecule has 0 aromatic heterocycles. The molecule has 2 aliphatic rings. The molecule has 2 nitrogen and oxygen atoms in total. The Morgan fingerprint density at radius 1 is 0.606 bits per heavy atom. The molecule has 0 saturated heterocycles. The molecule has 0 unspecified atom stereocenters. The summed E-state index contributed by atoms with van der Waals surface area (Å²) >= 11 is 0. The quantitative estimate of drug-likeness (QED) is 0.392. The van der Waals surface area contributed by atoms with E-state index in [1.54, 1.807) is 24.3 Å². The first kappa shape index (κ1) is 30.9. The summed E-state index contributed by atoms with van der Waals surface area (Å²) in [5.41, 5.74) is 5.07. The molecule has 2 N–H and O–H groups in total. The second-order valence-electron chi connectivity index (χ2n) is 8.46. The average molecular weight is 522 g/mol. The number of allylic oxidation sites excluding steroid dienone is 8. The molecular weight excluding hydrogens is 484 g/mol.